The zero-order valence-electron chi connectivity index (χ0n) is 33.3. The average molecular weight is 831 g/mol. The molecule has 6 heteroatoms. The molecule has 0 fully saturated rings. The fourth-order valence-electron chi connectivity index (χ4n) is 6.32. The molecule has 0 unspecified atom stereocenters. The average Bonchev–Trinajstić information content (AvgIpc) is 3.74. The van der Waals surface area contributed by atoms with Gasteiger partial charge in [0.25, 0.3) is 0 Å². The number of hydrogen-bond acceptors (Lipinski definition) is 0. The van der Waals surface area contributed by atoms with Crippen LogP contribution in [0.15, 0.2) is 109 Å². The summed E-state index contributed by atoms with van der Waals surface area (Å²) in [6, 6.07) is 40.8. The Morgan fingerprint density at radius 2 is 0.885 bits per heavy atom. The van der Waals surface area contributed by atoms with Crippen molar-refractivity contribution in [2.24, 2.45) is 0 Å². The molecule has 6 aromatic rings. The van der Waals surface area contributed by atoms with E-state index < -0.39 is 20.8 Å². The summed E-state index contributed by atoms with van der Waals surface area (Å²) in [4.78, 5) is 0. The van der Waals surface area contributed by atoms with Gasteiger partial charge in [-0.2, -0.15) is 12.1 Å². The molecule has 2 nitrogen and oxygen atoms in total. The van der Waals surface area contributed by atoms with E-state index in [0.29, 0.717) is 0 Å². The summed E-state index contributed by atoms with van der Waals surface area (Å²) in [5.74, 6) is 0. The topological polar surface area (TPSA) is 0 Å². The number of halogens is 2. The van der Waals surface area contributed by atoms with Crippen LogP contribution in [0.4, 0.5) is 11.4 Å². The van der Waals surface area contributed by atoms with Crippen LogP contribution < -0.4 is 8.97 Å². The van der Waals surface area contributed by atoms with Gasteiger partial charge in [0.15, 0.2) is 0 Å². The Morgan fingerprint density at radius 1 is 0.558 bits per heavy atom. The number of fused-ring (bicyclic) bond motifs is 2. The number of quaternary nitrogens is 2. The summed E-state index contributed by atoms with van der Waals surface area (Å²) in [5.41, 5.74) is 10.9. The third kappa shape index (κ3) is 12.9. The van der Waals surface area contributed by atoms with Crippen molar-refractivity contribution in [3.05, 3.63) is 120 Å². The predicted octanol–water partition coefficient (Wildman–Crippen LogP) is 13.7. The first-order valence-electron chi connectivity index (χ1n) is 18.6. The van der Waals surface area contributed by atoms with Gasteiger partial charge in [0.05, 0.1) is 42.3 Å². The molecule has 0 heterocycles. The first-order chi connectivity index (χ1) is 24.8. The molecular weight excluding hydrogens is 771 g/mol. The van der Waals surface area contributed by atoms with E-state index >= 15 is 0 Å². The number of benzene rings is 4. The number of rotatable bonds is 10. The Hall–Kier alpha value is -2.30. The molecule has 0 N–H and O–H groups in total. The van der Waals surface area contributed by atoms with Crippen LogP contribution in [0.2, 0.25) is 13.1 Å². The van der Waals surface area contributed by atoms with Crippen molar-refractivity contribution in [1.82, 2.24) is 8.97 Å². The van der Waals surface area contributed by atoms with Crippen LogP contribution >= 0.6 is 17.0 Å². The molecule has 52 heavy (non-hydrogen) atoms. The molecule has 0 aromatic heterocycles. The molecule has 6 aromatic carbocycles. The van der Waals surface area contributed by atoms with E-state index in [2.05, 4.69) is 178 Å². The van der Waals surface area contributed by atoms with Gasteiger partial charge in [0.1, 0.15) is 11.4 Å². The molecule has 0 saturated heterocycles. The quantitative estimate of drug-likeness (QED) is 0.0733. The van der Waals surface area contributed by atoms with E-state index in [0.717, 1.165) is 18.5 Å². The first kappa shape index (κ1) is 44.1. The third-order valence-electron chi connectivity index (χ3n) is 9.16. The van der Waals surface area contributed by atoms with Crippen molar-refractivity contribution < 1.29 is 20.8 Å². The van der Waals surface area contributed by atoms with Crippen LogP contribution in [0.1, 0.15) is 50.7 Å². The van der Waals surface area contributed by atoms with E-state index in [1.807, 2.05) is 0 Å². The van der Waals surface area contributed by atoms with Crippen LogP contribution in [0.3, 0.4) is 0 Å². The van der Waals surface area contributed by atoms with E-state index in [-0.39, 0.29) is 0 Å². The van der Waals surface area contributed by atoms with Gasteiger partial charge in [-0.3, -0.25) is 8.97 Å². The number of hydrogen-bond donors (Lipinski definition) is 0. The molecule has 0 aliphatic rings. The summed E-state index contributed by atoms with van der Waals surface area (Å²) in [7, 11) is 24.2. The fourth-order valence-corrected chi connectivity index (χ4v) is 6.32. The predicted molar refractivity (Wildman–Crippen MR) is 235 cm³/mol. The Bertz CT molecular complexity index is 1770. The van der Waals surface area contributed by atoms with Gasteiger partial charge in [-0.15, -0.1) is 69.1 Å². The second-order valence-electron chi connectivity index (χ2n) is 15.2. The van der Waals surface area contributed by atoms with Crippen LogP contribution in [0, 0.1) is 0 Å². The van der Waals surface area contributed by atoms with Crippen LogP contribution in [0.25, 0.3) is 43.8 Å². The molecule has 0 aliphatic heterocycles. The summed E-state index contributed by atoms with van der Waals surface area (Å²) in [6.07, 6.45) is 7.41. The Morgan fingerprint density at radius 3 is 1.17 bits per heavy atom. The van der Waals surface area contributed by atoms with Gasteiger partial charge < -0.3 is 0 Å². The van der Waals surface area contributed by atoms with Gasteiger partial charge in [-0.1, -0.05) is 75.9 Å². The van der Waals surface area contributed by atoms with Crippen molar-refractivity contribution >= 4 is 59.5 Å². The Labute approximate surface area is 337 Å². The Kier molecular flexibility index (Phi) is 18.3. The van der Waals surface area contributed by atoms with Crippen LogP contribution in [0.5, 0.6) is 0 Å². The van der Waals surface area contributed by atoms with Crippen LogP contribution in [-0.2, 0) is 33.7 Å². The van der Waals surface area contributed by atoms with Gasteiger partial charge in [0.2, 0.25) is 0 Å². The molecule has 2 radical (unpaired) electrons. The van der Waals surface area contributed by atoms with Crippen molar-refractivity contribution in [3.63, 3.8) is 0 Å². The van der Waals surface area contributed by atoms with Gasteiger partial charge in [-0.05, 0) is 72.5 Å². The van der Waals surface area contributed by atoms with Gasteiger partial charge in [0, 0.05) is 9.52 Å². The minimum atomic E-state index is -0.826. The van der Waals surface area contributed by atoms with Crippen molar-refractivity contribution in [3.8, 4) is 22.3 Å². The van der Waals surface area contributed by atoms with Crippen LogP contribution in [-0.4, -0.2) is 51.8 Å². The standard InChI is InChI=1S/2C22H27N.C2H6Si.2ClH.Zr/c2*1-5-6-8-17-15-19-9-7-10-21(22(19)16-17)18-11-13-20(14-12-18)23(2,3)4;1-3-2;;;/h2*7,9-16H,5-6,8H2,1-4H3;1-2H3;2*1H;/q;;;;;+4/p-2. The number of unbranched alkanes of at least 4 members (excludes halogenated alkanes) is 2. The van der Waals surface area contributed by atoms with E-state index in [4.69, 9.17) is 17.0 Å². The summed E-state index contributed by atoms with van der Waals surface area (Å²) < 4.78 is 1.70. The molecule has 0 saturated carbocycles. The molecular formula is C46H60Cl2N2SiZr+2. The maximum absolute atomic E-state index is 4.93. The van der Waals surface area contributed by atoms with Crippen molar-refractivity contribution in [2.45, 2.75) is 65.5 Å². The molecule has 6 rings (SSSR count). The summed E-state index contributed by atoms with van der Waals surface area (Å²) >= 11 is -0.826. The number of nitrogens with zero attached hydrogens (tertiary/aromatic N) is 2. The second kappa shape index (κ2) is 21.6. The SMILES string of the molecule is CCCCc1cc2c(-c3ccc([N+](C)(C)C)cc3)cccc2[cH-]1.CCCCc1cc2c(-c3ccc([N+](C)(C)C)cc3)cccc2[cH-]1.C[Si]C.[Cl][Zr+2][Cl]. The molecule has 0 aliphatic carbocycles. The zero-order valence-corrected chi connectivity index (χ0v) is 38.3. The summed E-state index contributed by atoms with van der Waals surface area (Å²) in [5, 5.41) is 5.50. The normalized spacial score (nSPS) is 11.2. The molecule has 0 atom stereocenters. The number of aryl methyl sites for hydroxylation is 2. The van der Waals surface area contributed by atoms with E-state index in [1.165, 1.54) is 105 Å². The van der Waals surface area contributed by atoms with Gasteiger partial charge in [-0.25, -0.2) is 0 Å². The maximum atomic E-state index is 4.93. The molecule has 0 spiro atoms. The van der Waals surface area contributed by atoms with Crippen molar-refractivity contribution in [2.75, 3.05) is 42.3 Å². The molecule has 0 bridgehead atoms. The summed E-state index contributed by atoms with van der Waals surface area (Å²) in [6.45, 7) is 8.81. The fraction of sp³-hybridized carbons (Fsp3) is 0.348. The van der Waals surface area contributed by atoms with Gasteiger partial charge >= 0.3 is 37.9 Å². The third-order valence-corrected chi connectivity index (χ3v) is 9.16. The molecule has 274 valence electrons. The monoisotopic (exact) mass is 828 g/mol. The van der Waals surface area contributed by atoms with E-state index in [9.17, 15) is 0 Å². The van der Waals surface area contributed by atoms with E-state index in [1.54, 1.807) is 0 Å². The second-order valence-corrected chi connectivity index (χ2v) is 20.0. The molecule has 0 amide bonds. The Balaban J connectivity index is 0.000000244. The van der Waals surface area contributed by atoms with Crippen molar-refractivity contribution in [1.29, 1.82) is 0 Å². The first-order valence-corrected chi connectivity index (χ1v) is 26.9. The minimum absolute atomic E-state index is 0.826. The zero-order chi connectivity index (χ0) is 38.3.